The monoisotopic (exact) mass is 412 g/mol. The van der Waals surface area contributed by atoms with Gasteiger partial charge in [0.2, 0.25) is 5.95 Å². The number of aryl methyl sites for hydroxylation is 1. The summed E-state index contributed by atoms with van der Waals surface area (Å²) >= 11 is 0. The summed E-state index contributed by atoms with van der Waals surface area (Å²) in [7, 11) is 0. The Bertz CT molecular complexity index is 1240. The number of rotatable bonds is 4. The number of fused-ring (bicyclic) bond motifs is 1. The molecule has 0 N–H and O–H groups in total. The molecule has 1 saturated heterocycles. The Balaban J connectivity index is 1.43. The highest BCUT2D eigenvalue weighted by atomic mass is 16.1. The maximum absolute atomic E-state index is 13.2. The molecule has 0 radical (unpaired) electrons. The van der Waals surface area contributed by atoms with E-state index in [1.54, 1.807) is 17.1 Å². The number of aromatic nitrogens is 4. The van der Waals surface area contributed by atoms with Gasteiger partial charge in [0.25, 0.3) is 5.56 Å². The molecule has 1 fully saturated rings. The second-order valence-corrected chi connectivity index (χ2v) is 7.86. The van der Waals surface area contributed by atoms with Gasteiger partial charge in [-0.25, -0.2) is 14.6 Å². The number of piperazine rings is 1. The Labute approximate surface area is 180 Å². The van der Waals surface area contributed by atoms with E-state index in [-0.39, 0.29) is 5.56 Å². The van der Waals surface area contributed by atoms with Gasteiger partial charge in [0.15, 0.2) is 0 Å². The van der Waals surface area contributed by atoms with Crippen molar-refractivity contribution in [3.8, 4) is 11.3 Å². The van der Waals surface area contributed by atoms with E-state index < -0.39 is 0 Å². The largest absolute Gasteiger partial charge is 0.338 e. The molecule has 156 valence electrons. The Morgan fingerprint density at radius 2 is 1.52 bits per heavy atom. The summed E-state index contributed by atoms with van der Waals surface area (Å²) in [6.07, 6.45) is 3.53. The Kier molecular flexibility index (Phi) is 5.18. The van der Waals surface area contributed by atoms with Crippen molar-refractivity contribution in [2.75, 3.05) is 31.1 Å². The summed E-state index contributed by atoms with van der Waals surface area (Å²) in [4.78, 5) is 26.3. The summed E-state index contributed by atoms with van der Waals surface area (Å²) in [5.41, 5.74) is 3.00. The van der Waals surface area contributed by atoms with Gasteiger partial charge in [-0.3, -0.25) is 9.69 Å². The predicted molar refractivity (Wildman–Crippen MR) is 122 cm³/mol. The van der Waals surface area contributed by atoms with Gasteiger partial charge < -0.3 is 4.90 Å². The minimum absolute atomic E-state index is 0.0553. The lowest BCUT2D eigenvalue weighted by Gasteiger charge is -2.34. The minimum atomic E-state index is -0.0553. The molecule has 0 atom stereocenters. The first-order chi connectivity index (χ1) is 15.2. The van der Waals surface area contributed by atoms with Crippen LogP contribution in [0.3, 0.4) is 0 Å². The van der Waals surface area contributed by atoms with E-state index in [9.17, 15) is 4.79 Å². The smallest absolute Gasteiger partial charge is 0.275 e. The SMILES string of the molecule is Cc1ccc(-c2nn(CN3CCN(c4ncccn4)CC3)c(=O)c3ccccc23)cc1. The molecule has 0 amide bonds. The molecule has 5 rings (SSSR count). The van der Waals surface area contributed by atoms with Crippen LogP contribution in [0.4, 0.5) is 5.95 Å². The molecule has 3 heterocycles. The van der Waals surface area contributed by atoms with Crippen molar-refractivity contribution in [2.24, 2.45) is 0 Å². The quantitative estimate of drug-likeness (QED) is 0.513. The molecule has 0 saturated carbocycles. The lowest BCUT2D eigenvalue weighted by molar-refractivity contribution is 0.191. The fourth-order valence-corrected chi connectivity index (χ4v) is 3.99. The van der Waals surface area contributed by atoms with Crippen LogP contribution in [0.15, 0.2) is 71.8 Å². The molecule has 0 spiro atoms. The van der Waals surface area contributed by atoms with Crippen LogP contribution in [0.2, 0.25) is 0 Å². The van der Waals surface area contributed by atoms with Gasteiger partial charge >= 0.3 is 0 Å². The Hall–Kier alpha value is -3.58. The van der Waals surface area contributed by atoms with Crippen LogP contribution in [0, 0.1) is 6.92 Å². The highest BCUT2D eigenvalue weighted by molar-refractivity contribution is 5.93. The number of benzene rings is 2. The normalized spacial score (nSPS) is 14.8. The van der Waals surface area contributed by atoms with Crippen LogP contribution in [0.25, 0.3) is 22.0 Å². The molecule has 1 aliphatic heterocycles. The standard InChI is InChI=1S/C24H24N6O/c1-18-7-9-19(10-8-18)22-20-5-2-3-6-21(20)23(31)30(27-22)17-28-13-15-29(16-14-28)24-25-11-4-12-26-24/h2-12H,13-17H2,1H3. The lowest BCUT2D eigenvalue weighted by atomic mass is 10.0. The van der Waals surface area contributed by atoms with Gasteiger partial charge in [0.1, 0.15) is 0 Å². The summed E-state index contributed by atoms with van der Waals surface area (Å²) in [5.74, 6) is 0.754. The maximum Gasteiger partial charge on any atom is 0.275 e. The van der Waals surface area contributed by atoms with Gasteiger partial charge in [-0.2, -0.15) is 5.10 Å². The zero-order valence-corrected chi connectivity index (χ0v) is 17.5. The average Bonchev–Trinajstić information content (AvgIpc) is 2.83. The maximum atomic E-state index is 13.2. The molecule has 1 aliphatic rings. The second-order valence-electron chi connectivity index (χ2n) is 7.86. The summed E-state index contributed by atoms with van der Waals surface area (Å²) in [6.45, 7) is 5.80. The minimum Gasteiger partial charge on any atom is -0.338 e. The summed E-state index contributed by atoms with van der Waals surface area (Å²) in [6, 6.07) is 17.8. The molecular formula is C24H24N6O. The van der Waals surface area contributed by atoms with Crippen molar-refractivity contribution >= 4 is 16.7 Å². The van der Waals surface area contributed by atoms with Crippen molar-refractivity contribution in [2.45, 2.75) is 13.6 Å². The molecule has 7 heteroatoms. The third kappa shape index (κ3) is 3.92. The van der Waals surface area contributed by atoms with Gasteiger partial charge in [0, 0.05) is 49.5 Å². The summed E-state index contributed by atoms with van der Waals surface area (Å²) in [5, 5.41) is 6.38. The number of hydrogen-bond acceptors (Lipinski definition) is 6. The van der Waals surface area contributed by atoms with Gasteiger partial charge in [0.05, 0.1) is 17.7 Å². The molecule has 31 heavy (non-hydrogen) atoms. The molecule has 0 aliphatic carbocycles. The fraction of sp³-hybridized carbons (Fsp3) is 0.250. The van der Waals surface area contributed by atoms with E-state index in [1.807, 2.05) is 30.3 Å². The first-order valence-corrected chi connectivity index (χ1v) is 10.5. The van der Waals surface area contributed by atoms with Gasteiger partial charge in [-0.15, -0.1) is 0 Å². The Morgan fingerprint density at radius 3 is 2.23 bits per heavy atom. The van der Waals surface area contributed by atoms with E-state index in [2.05, 4.69) is 51.0 Å². The Morgan fingerprint density at radius 1 is 0.839 bits per heavy atom. The molecule has 0 unspecified atom stereocenters. The third-order valence-corrected chi connectivity index (χ3v) is 5.73. The molecule has 2 aromatic carbocycles. The van der Waals surface area contributed by atoms with Crippen LogP contribution in [-0.4, -0.2) is 50.8 Å². The molecule has 0 bridgehead atoms. The highest BCUT2D eigenvalue weighted by Crippen LogP contribution is 2.25. The molecule has 2 aromatic heterocycles. The van der Waals surface area contributed by atoms with E-state index in [1.165, 1.54) is 5.56 Å². The predicted octanol–water partition coefficient (Wildman–Crippen LogP) is 2.94. The highest BCUT2D eigenvalue weighted by Gasteiger charge is 2.20. The number of hydrogen-bond donors (Lipinski definition) is 0. The van der Waals surface area contributed by atoms with Gasteiger partial charge in [-0.05, 0) is 19.1 Å². The zero-order valence-electron chi connectivity index (χ0n) is 17.5. The van der Waals surface area contributed by atoms with Crippen molar-refractivity contribution in [3.05, 3.63) is 82.9 Å². The summed E-state index contributed by atoms with van der Waals surface area (Å²) < 4.78 is 1.60. The zero-order chi connectivity index (χ0) is 21.2. The van der Waals surface area contributed by atoms with E-state index in [4.69, 9.17) is 5.10 Å². The molecule has 7 nitrogen and oxygen atoms in total. The van der Waals surface area contributed by atoms with Crippen LogP contribution in [0.1, 0.15) is 5.56 Å². The fourth-order valence-electron chi connectivity index (χ4n) is 3.99. The van der Waals surface area contributed by atoms with E-state index in [0.29, 0.717) is 12.1 Å². The average molecular weight is 412 g/mol. The number of anilines is 1. The van der Waals surface area contributed by atoms with E-state index in [0.717, 1.165) is 48.8 Å². The lowest BCUT2D eigenvalue weighted by Crippen LogP contribution is -2.48. The first-order valence-electron chi connectivity index (χ1n) is 10.5. The van der Waals surface area contributed by atoms with Crippen LogP contribution >= 0.6 is 0 Å². The van der Waals surface area contributed by atoms with Crippen LogP contribution < -0.4 is 10.5 Å². The molecule has 4 aromatic rings. The van der Waals surface area contributed by atoms with Crippen LogP contribution in [0.5, 0.6) is 0 Å². The molecular weight excluding hydrogens is 388 g/mol. The van der Waals surface area contributed by atoms with Crippen molar-refractivity contribution in [3.63, 3.8) is 0 Å². The van der Waals surface area contributed by atoms with Crippen LogP contribution in [-0.2, 0) is 6.67 Å². The number of nitrogens with zero attached hydrogens (tertiary/aromatic N) is 6. The second kappa shape index (κ2) is 8.28. The topological polar surface area (TPSA) is 67.2 Å². The third-order valence-electron chi connectivity index (χ3n) is 5.73. The van der Waals surface area contributed by atoms with Crippen molar-refractivity contribution in [1.82, 2.24) is 24.6 Å². The van der Waals surface area contributed by atoms with Crippen molar-refractivity contribution < 1.29 is 0 Å². The first kappa shape index (κ1) is 19.4. The van der Waals surface area contributed by atoms with Gasteiger partial charge in [-0.1, -0.05) is 48.0 Å². The van der Waals surface area contributed by atoms with E-state index >= 15 is 0 Å². The van der Waals surface area contributed by atoms with Crippen molar-refractivity contribution in [1.29, 1.82) is 0 Å².